The van der Waals surface area contributed by atoms with E-state index in [9.17, 15) is 14.4 Å². The van der Waals surface area contributed by atoms with Crippen LogP contribution in [0.4, 0.5) is 10.5 Å². The summed E-state index contributed by atoms with van der Waals surface area (Å²) in [5.41, 5.74) is 0.967. The van der Waals surface area contributed by atoms with E-state index in [1.807, 2.05) is 12.1 Å². The zero-order chi connectivity index (χ0) is 18.8. The Labute approximate surface area is 161 Å². The van der Waals surface area contributed by atoms with Crippen molar-refractivity contribution < 1.29 is 14.4 Å². The molecule has 4 amide bonds. The van der Waals surface area contributed by atoms with E-state index in [0.717, 1.165) is 5.69 Å². The van der Waals surface area contributed by atoms with Crippen LogP contribution in [-0.4, -0.2) is 55.0 Å². The van der Waals surface area contributed by atoms with Gasteiger partial charge in [0.25, 0.3) is 0 Å². The van der Waals surface area contributed by atoms with E-state index in [0.29, 0.717) is 36.2 Å². The largest absolute Gasteiger partial charge is 0.368 e. The van der Waals surface area contributed by atoms with Gasteiger partial charge in [0, 0.05) is 44.3 Å². The number of nitrogens with one attached hydrogen (secondary N) is 2. The molecule has 2 aliphatic heterocycles. The first kappa shape index (κ1) is 18.8. The highest BCUT2D eigenvalue weighted by Gasteiger charge is 2.35. The molecule has 3 rings (SSSR count). The number of hydrogen-bond donors (Lipinski definition) is 2. The van der Waals surface area contributed by atoms with E-state index >= 15 is 0 Å². The zero-order valence-electron chi connectivity index (χ0n) is 14.3. The Bertz CT molecular complexity index is 735. The molecule has 140 valence electrons. The van der Waals surface area contributed by atoms with Crippen LogP contribution >= 0.6 is 23.2 Å². The molecule has 0 aliphatic carbocycles. The summed E-state index contributed by atoms with van der Waals surface area (Å²) in [4.78, 5) is 39.7. The number of benzene rings is 1. The smallest absolute Gasteiger partial charge is 0.321 e. The van der Waals surface area contributed by atoms with Crippen LogP contribution in [0.5, 0.6) is 0 Å². The zero-order valence-corrected chi connectivity index (χ0v) is 15.8. The number of urea groups is 1. The number of rotatable bonds is 3. The minimum Gasteiger partial charge on any atom is -0.368 e. The molecule has 2 atom stereocenters. The molecule has 2 saturated heterocycles. The number of carbonyl (C=O) groups is 3. The van der Waals surface area contributed by atoms with Gasteiger partial charge in [-0.25, -0.2) is 4.79 Å². The third-order valence-electron chi connectivity index (χ3n) is 4.83. The third-order valence-corrected chi connectivity index (χ3v) is 5.57. The third kappa shape index (κ3) is 4.04. The summed E-state index contributed by atoms with van der Waals surface area (Å²) in [6.45, 7) is 4.21. The number of nitrogens with zero attached hydrogens (tertiary/aromatic N) is 2. The number of imide groups is 1. The second kappa shape index (κ2) is 7.72. The predicted molar refractivity (Wildman–Crippen MR) is 99.5 cm³/mol. The van der Waals surface area contributed by atoms with Crippen LogP contribution in [0.1, 0.15) is 13.3 Å². The number of carbonyl (C=O) groups excluding carboxylic acids is 3. The summed E-state index contributed by atoms with van der Waals surface area (Å²) in [5, 5.41) is 5.86. The van der Waals surface area contributed by atoms with Crippen molar-refractivity contribution in [1.29, 1.82) is 0 Å². The molecule has 1 aromatic rings. The monoisotopic (exact) mass is 398 g/mol. The Balaban J connectivity index is 1.56. The van der Waals surface area contributed by atoms with E-state index in [2.05, 4.69) is 15.5 Å². The summed E-state index contributed by atoms with van der Waals surface area (Å²) in [7, 11) is 0. The van der Waals surface area contributed by atoms with Crippen molar-refractivity contribution in [1.82, 2.24) is 15.5 Å². The molecule has 9 heteroatoms. The second-order valence-corrected chi connectivity index (χ2v) is 7.34. The van der Waals surface area contributed by atoms with Crippen molar-refractivity contribution in [3.8, 4) is 0 Å². The number of hydrogen-bond acceptors (Lipinski definition) is 4. The minimum atomic E-state index is -0.548. The molecule has 0 aromatic heterocycles. The number of anilines is 1. The van der Waals surface area contributed by atoms with Crippen LogP contribution in [0.3, 0.4) is 0 Å². The van der Waals surface area contributed by atoms with Crippen LogP contribution in [0, 0.1) is 5.92 Å². The Hall–Kier alpha value is -1.99. The summed E-state index contributed by atoms with van der Waals surface area (Å²) in [6, 6.07) is 4.60. The lowest BCUT2D eigenvalue weighted by atomic mass is 9.94. The molecule has 7 nitrogen and oxygen atoms in total. The van der Waals surface area contributed by atoms with Gasteiger partial charge in [-0.3, -0.25) is 14.9 Å². The molecule has 26 heavy (non-hydrogen) atoms. The van der Waals surface area contributed by atoms with Gasteiger partial charge >= 0.3 is 6.03 Å². The lowest BCUT2D eigenvalue weighted by molar-refractivity contribution is -0.137. The predicted octanol–water partition coefficient (Wildman–Crippen LogP) is 1.88. The summed E-state index contributed by atoms with van der Waals surface area (Å²) >= 11 is 12.0. The molecular weight excluding hydrogens is 379 g/mol. The Morgan fingerprint density at radius 3 is 2.46 bits per heavy atom. The SMILES string of the molecule is CC1NC(=O)NC(=O)C1CC(=O)N1CCN(c2ccc(Cl)c(Cl)c2)CC1. The Morgan fingerprint density at radius 1 is 1.15 bits per heavy atom. The fraction of sp³-hybridized carbons (Fsp3) is 0.471. The van der Waals surface area contributed by atoms with Gasteiger partial charge < -0.3 is 15.1 Å². The van der Waals surface area contributed by atoms with Gasteiger partial charge in [0.15, 0.2) is 0 Å². The van der Waals surface area contributed by atoms with Gasteiger partial charge in [-0.2, -0.15) is 0 Å². The van der Waals surface area contributed by atoms with Crippen LogP contribution in [0.15, 0.2) is 18.2 Å². The van der Waals surface area contributed by atoms with E-state index < -0.39 is 17.9 Å². The second-order valence-electron chi connectivity index (χ2n) is 6.53. The molecule has 2 unspecified atom stereocenters. The first-order valence-electron chi connectivity index (χ1n) is 8.44. The molecule has 1 aromatic carbocycles. The van der Waals surface area contributed by atoms with E-state index in [1.54, 1.807) is 17.9 Å². The maximum absolute atomic E-state index is 12.6. The van der Waals surface area contributed by atoms with Crippen LogP contribution < -0.4 is 15.5 Å². The topological polar surface area (TPSA) is 81.8 Å². The number of piperazine rings is 1. The van der Waals surface area contributed by atoms with Gasteiger partial charge in [0.05, 0.1) is 16.0 Å². The average Bonchev–Trinajstić information content (AvgIpc) is 2.60. The van der Waals surface area contributed by atoms with Gasteiger partial charge in [-0.15, -0.1) is 0 Å². The Morgan fingerprint density at radius 2 is 1.85 bits per heavy atom. The summed E-state index contributed by atoms with van der Waals surface area (Å²) in [6.07, 6.45) is 0.0834. The normalized spacial score (nSPS) is 23.5. The molecular formula is C17H20Cl2N4O3. The first-order valence-corrected chi connectivity index (χ1v) is 9.20. The van der Waals surface area contributed by atoms with E-state index in [-0.39, 0.29) is 18.4 Å². The highest BCUT2D eigenvalue weighted by atomic mass is 35.5. The Kier molecular flexibility index (Phi) is 5.58. The fourth-order valence-corrected chi connectivity index (χ4v) is 3.55. The van der Waals surface area contributed by atoms with Crippen molar-refractivity contribution in [3.63, 3.8) is 0 Å². The summed E-state index contributed by atoms with van der Waals surface area (Å²) < 4.78 is 0. The van der Waals surface area contributed by atoms with Crippen LogP contribution in [0.2, 0.25) is 10.0 Å². The van der Waals surface area contributed by atoms with Gasteiger partial charge in [-0.1, -0.05) is 23.2 Å². The lowest BCUT2D eigenvalue weighted by Crippen LogP contribution is -2.58. The van der Waals surface area contributed by atoms with E-state index in [1.165, 1.54) is 0 Å². The molecule has 2 aliphatic rings. The fourth-order valence-electron chi connectivity index (χ4n) is 3.26. The van der Waals surface area contributed by atoms with Crippen LogP contribution in [-0.2, 0) is 9.59 Å². The van der Waals surface area contributed by atoms with Gasteiger partial charge in [0.1, 0.15) is 0 Å². The van der Waals surface area contributed by atoms with Gasteiger partial charge in [-0.05, 0) is 25.1 Å². The van der Waals surface area contributed by atoms with Crippen molar-refractivity contribution >= 4 is 46.7 Å². The molecule has 0 bridgehead atoms. The van der Waals surface area contributed by atoms with Crippen molar-refractivity contribution in [2.75, 3.05) is 31.1 Å². The standard InChI is InChI=1S/C17H20Cl2N4O3/c1-10-12(16(25)21-17(26)20-10)9-15(24)23-6-4-22(5-7-23)11-2-3-13(18)14(19)8-11/h2-3,8,10,12H,4-7,9H2,1H3,(H2,20,21,25,26). The molecule has 0 radical (unpaired) electrons. The summed E-state index contributed by atoms with van der Waals surface area (Å²) in [5.74, 6) is -1.03. The molecule has 2 N–H and O–H groups in total. The quantitative estimate of drug-likeness (QED) is 0.813. The molecule has 2 fully saturated rings. The highest BCUT2D eigenvalue weighted by molar-refractivity contribution is 6.42. The van der Waals surface area contributed by atoms with Crippen molar-refractivity contribution in [3.05, 3.63) is 28.2 Å². The van der Waals surface area contributed by atoms with Gasteiger partial charge in [0.2, 0.25) is 11.8 Å². The molecule has 2 heterocycles. The lowest BCUT2D eigenvalue weighted by Gasteiger charge is -2.37. The molecule has 0 saturated carbocycles. The van der Waals surface area contributed by atoms with E-state index in [4.69, 9.17) is 23.2 Å². The minimum absolute atomic E-state index is 0.0815. The maximum Gasteiger partial charge on any atom is 0.321 e. The van der Waals surface area contributed by atoms with Crippen molar-refractivity contribution in [2.24, 2.45) is 5.92 Å². The molecule has 0 spiro atoms. The number of amides is 4. The average molecular weight is 399 g/mol. The maximum atomic E-state index is 12.6. The first-order chi connectivity index (χ1) is 12.3. The number of halogens is 2. The highest BCUT2D eigenvalue weighted by Crippen LogP contribution is 2.28. The van der Waals surface area contributed by atoms with Crippen molar-refractivity contribution in [2.45, 2.75) is 19.4 Å². The van der Waals surface area contributed by atoms with Crippen LogP contribution in [0.25, 0.3) is 0 Å².